The molecule has 3 aromatic rings. The number of aromatic nitrogens is 3. The lowest BCUT2D eigenvalue weighted by Gasteiger charge is -2.29. The summed E-state index contributed by atoms with van der Waals surface area (Å²) < 4.78 is 1.87. The molecule has 0 atom stereocenters. The molecule has 6 nitrogen and oxygen atoms in total. The number of nitrogens with zero attached hydrogens (tertiary/aromatic N) is 3. The van der Waals surface area contributed by atoms with Gasteiger partial charge in [-0.25, -0.2) is 9.67 Å². The molecule has 0 radical (unpaired) electrons. The van der Waals surface area contributed by atoms with E-state index in [9.17, 15) is 4.79 Å². The molecule has 1 aliphatic carbocycles. The number of hydrogen-bond donors (Lipinski definition) is 2. The first-order valence-corrected chi connectivity index (χ1v) is 9.99. The van der Waals surface area contributed by atoms with Gasteiger partial charge in [-0.2, -0.15) is 5.10 Å². The molecule has 0 unspecified atom stereocenters. The van der Waals surface area contributed by atoms with Crippen LogP contribution in [0.25, 0.3) is 22.3 Å². The zero-order valence-corrected chi connectivity index (χ0v) is 16.5. The zero-order chi connectivity index (χ0) is 19.7. The van der Waals surface area contributed by atoms with Crippen LogP contribution in [0.2, 0.25) is 0 Å². The maximum Gasteiger partial charge on any atom is 0.252 e. The molecule has 0 bridgehead atoms. The van der Waals surface area contributed by atoms with E-state index >= 15 is 0 Å². The highest BCUT2D eigenvalue weighted by atomic mass is 16.1. The van der Waals surface area contributed by atoms with Gasteiger partial charge < -0.3 is 11.1 Å². The summed E-state index contributed by atoms with van der Waals surface area (Å²) in [5.41, 5.74) is 8.82. The Labute approximate surface area is 165 Å². The third-order valence-corrected chi connectivity index (χ3v) is 5.70. The van der Waals surface area contributed by atoms with Crippen molar-refractivity contribution in [1.82, 2.24) is 20.1 Å². The minimum absolute atomic E-state index is 0.0970. The van der Waals surface area contributed by atoms with E-state index in [-0.39, 0.29) is 17.5 Å². The maximum absolute atomic E-state index is 13.3. The molecule has 1 saturated carbocycles. The quantitative estimate of drug-likeness (QED) is 0.710. The van der Waals surface area contributed by atoms with Gasteiger partial charge in [-0.15, -0.1) is 0 Å². The molecule has 2 aromatic heterocycles. The standard InChI is InChI=1S/C22H27N5O/c1-15(2)27-20-18(13-24-27)17(12-19(25-20)16-8-4-3-5-9-16)21(28)26-22(14-23)10-6-7-11-22/h3-5,8-9,12-13,15H,6-7,10-11,14,23H2,1-2H3,(H,26,28). The summed E-state index contributed by atoms with van der Waals surface area (Å²) in [5.74, 6) is -0.0970. The van der Waals surface area contributed by atoms with E-state index in [1.165, 1.54) is 0 Å². The molecule has 1 fully saturated rings. The van der Waals surface area contributed by atoms with Crippen molar-refractivity contribution in [2.75, 3.05) is 6.54 Å². The third kappa shape index (κ3) is 3.29. The fraction of sp³-hybridized carbons (Fsp3) is 0.409. The van der Waals surface area contributed by atoms with Crippen molar-refractivity contribution in [2.45, 2.75) is 51.1 Å². The predicted octanol–water partition coefficient (Wildman–Crippen LogP) is 3.68. The SMILES string of the molecule is CC(C)n1ncc2c(C(=O)NC3(CN)CCCC3)cc(-c3ccccc3)nc21. The molecule has 1 aliphatic rings. The van der Waals surface area contributed by atoms with Crippen molar-refractivity contribution < 1.29 is 4.79 Å². The van der Waals surface area contributed by atoms with Gasteiger partial charge in [0, 0.05) is 18.2 Å². The van der Waals surface area contributed by atoms with Crippen LogP contribution in [0.5, 0.6) is 0 Å². The lowest BCUT2D eigenvalue weighted by molar-refractivity contribution is 0.0905. The van der Waals surface area contributed by atoms with E-state index in [1.54, 1.807) is 6.20 Å². The van der Waals surface area contributed by atoms with Crippen LogP contribution in [-0.4, -0.2) is 32.8 Å². The van der Waals surface area contributed by atoms with Crippen molar-refractivity contribution in [3.63, 3.8) is 0 Å². The van der Waals surface area contributed by atoms with Crippen LogP contribution in [0.1, 0.15) is 55.9 Å². The second-order valence-corrected chi connectivity index (χ2v) is 7.99. The Hall–Kier alpha value is -2.73. The van der Waals surface area contributed by atoms with E-state index in [0.717, 1.165) is 48.0 Å². The summed E-state index contributed by atoms with van der Waals surface area (Å²) in [6.45, 7) is 4.58. The normalized spacial score (nSPS) is 16.0. The summed E-state index contributed by atoms with van der Waals surface area (Å²) in [6.07, 6.45) is 5.81. The average molecular weight is 377 g/mol. The van der Waals surface area contributed by atoms with E-state index < -0.39 is 0 Å². The Morgan fingerprint density at radius 3 is 2.61 bits per heavy atom. The number of carbonyl (C=O) groups is 1. The summed E-state index contributed by atoms with van der Waals surface area (Å²) >= 11 is 0. The molecule has 146 valence electrons. The van der Waals surface area contributed by atoms with Gasteiger partial charge in [0.05, 0.1) is 28.4 Å². The Bertz CT molecular complexity index is 987. The van der Waals surface area contributed by atoms with Crippen molar-refractivity contribution in [1.29, 1.82) is 0 Å². The van der Waals surface area contributed by atoms with Gasteiger partial charge in [0.25, 0.3) is 5.91 Å². The highest BCUT2D eigenvalue weighted by Crippen LogP contribution is 2.31. The summed E-state index contributed by atoms with van der Waals surface area (Å²) in [4.78, 5) is 18.1. The molecule has 0 aliphatic heterocycles. The van der Waals surface area contributed by atoms with E-state index in [4.69, 9.17) is 10.7 Å². The number of pyridine rings is 1. The van der Waals surface area contributed by atoms with Crippen LogP contribution in [0, 0.1) is 0 Å². The van der Waals surface area contributed by atoms with Crippen molar-refractivity contribution in [3.05, 3.63) is 48.2 Å². The number of rotatable bonds is 5. The van der Waals surface area contributed by atoms with Crippen LogP contribution in [0.4, 0.5) is 0 Å². The van der Waals surface area contributed by atoms with Crippen molar-refractivity contribution >= 4 is 16.9 Å². The second kappa shape index (κ2) is 7.36. The molecule has 0 saturated heterocycles. The molecule has 3 N–H and O–H groups in total. The molecule has 2 heterocycles. The van der Waals surface area contributed by atoms with Gasteiger partial charge in [0.15, 0.2) is 5.65 Å². The lowest BCUT2D eigenvalue weighted by atomic mass is 9.96. The summed E-state index contributed by atoms with van der Waals surface area (Å²) in [5, 5.41) is 8.50. The van der Waals surface area contributed by atoms with Crippen LogP contribution in [-0.2, 0) is 0 Å². The van der Waals surface area contributed by atoms with Crippen LogP contribution in [0.3, 0.4) is 0 Å². The molecule has 6 heteroatoms. The fourth-order valence-corrected chi connectivity index (χ4v) is 4.08. The van der Waals surface area contributed by atoms with Crippen LogP contribution in [0.15, 0.2) is 42.6 Å². The van der Waals surface area contributed by atoms with E-state index in [0.29, 0.717) is 12.1 Å². The second-order valence-electron chi connectivity index (χ2n) is 7.99. The third-order valence-electron chi connectivity index (χ3n) is 5.70. The van der Waals surface area contributed by atoms with Gasteiger partial charge >= 0.3 is 0 Å². The predicted molar refractivity (Wildman–Crippen MR) is 111 cm³/mol. The monoisotopic (exact) mass is 377 g/mol. The van der Waals surface area contributed by atoms with Crippen molar-refractivity contribution in [3.8, 4) is 11.3 Å². The largest absolute Gasteiger partial charge is 0.345 e. The molecular formula is C22H27N5O. The minimum atomic E-state index is -0.298. The minimum Gasteiger partial charge on any atom is -0.345 e. The number of nitrogens with two attached hydrogens (primary N) is 1. The average Bonchev–Trinajstić information content (AvgIpc) is 3.35. The van der Waals surface area contributed by atoms with Gasteiger partial charge in [0.1, 0.15) is 0 Å². The Kier molecular flexibility index (Phi) is 4.89. The highest BCUT2D eigenvalue weighted by molar-refractivity contribution is 6.06. The smallest absolute Gasteiger partial charge is 0.252 e. The van der Waals surface area contributed by atoms with Gasteiger partial charge in [0.2, 0.25) is 0 Å². The zero-order valence-electron chi connectivity index (χ0n) is 16.5. The van der Waals surface area contributed by atoms with Gasteiger partial charge in [-0.3, -0.25) is 4.79 Å². The van der Waals surface area contributed by atoms with Crippen LogP contribution >= 0.6 is 0 Å². The molecule has 0 spiro atoms. The lowest BCUT2D eigenvalue weighted by Crippen LogP contribution is -2.51. The van der Waals surface area contributed by atoms with E-state index in [2.05, 4.69) is 24.3 Å². The molecule has 1 aromatic carbocycles. The molecular weight excluding hydrogens is 350 g/mol. The first-order chi connectivity index (χ1) is 13.5. The molecule has 28 heavy (non-hydrogen) atoms. The first kappa shape index (κ1) is 18.6. The number of nitrogens with one attached hydrogen (secondary N) is 1. The topological polar surface area (TPSA) is 85.8 Å². The summed E-state index contributed by atoms with van der Waals surface area (Å²) in [7, 11) is 0. The number of benzene rings is 1. The fourth-order valence-electron chi connectivity index (χ4n) is 4.08. The number of amides is 1. The number of carbonyl (C=O) groups excluding carboxylic acids is 1. The Balaban J connectivity index is 1.83. The first-order valence-electron chi connectivity index (χ1n) is 9.99. The summed E-state index contributed by atoms with van der Waals surface area (Å²) in [6, 6.07) is 12.0. The number of hydrogen-bond acceptors (Lipinski definition) is 4. The van der Waals surface area contributed by atoms with Gasteiger partial charge in [-0.05, 0) is 32.8 Å². The van der Waals surface area contributed by atoms with Gasteiger partial charge in [-0.1, -0.05) is 43.2 Å². The number of fused-ring (bicyclic) bond motifs is 1. The van der Waals surface area contributed by atoms with E-state index in [1.807, 2.05) is 41.1 Å². The Morgan fingerprint density at radius 1 is 1.25 bits per heavy atom. The van der Waals surface area contributed by atoms with Crippen molar-refractivity contribution in [2.24, 2.45) is 5.73 Å². The van der Waals surface area contributed by atoms with Crippen LogP contribution < -0.4 is 11.1 Å². The molecule has 1 amide bonds. The molecule has 4 rings (SSSR count). The maximum atomic E-state index is 13.3. The Morgan fingerprint density at radius 2 is 1.96 bits per heavy atom. The highest BCUT2D eigenvalue weighted by Gasteiger charge is 2.34.